The highest BCUT2D eigenvalue weighted by atomic mass is 19.1. The lowest BCUT2D eigenvalue weighted by Crippen LogP contribution is -2.57. The lowest BCUT2D eigenvalue weighted by Gasteiger charge is -2.48. The van der Waals surface area contributed by atoms with E-state index in [-0.39, 0.29) is 24.6 Å². The topological polar surface area (TPSA) is 43.8 Å². The minimum Gasteiger partial charge on any atom is -0.384 e. The zero-order valence-electron chi connectivity index (χ0n) is 19.6. The maximum atomic E-state index is 14.6. The molecule has 0 aromatic heterocycles. The van der Waals surface area contributed by atoms with Crippen molar-refractivity contribution in [1.82, 2.24) is 9.80 Å². The van der Waals surface area contributed by atoms with Crippen LogP contribution >= 0.6 is 0 Å². The number of halogens is 4. The molecule has 0 radical (unpaired) electrons. The first kappa shape index (κ1) is 24.7. The highest BCUT2D eigenvalue weighted by Gasteiger charge is 2.50. The van der Waals surface area contributed by atoms with E-state index in [4.69, 9.17) is 0 Å². The summed E-state index contributed by atoms with van der Waals surface area (Å²) in [6.45, 7) is 7.43. The second-order valence-corrected chi connectivity index (χ2v) is 9.73. The smallest absolute Gasteiger partial charge is 0.227 e. The number of hydrogen-bond acceptors (Lipinski definition) is 3. The van der Waals surface area contributed by atoms with Crippen LogP contribution in [0.15, 0.2) is 36.4 Å². The van der Waals surface area contributed by atoms with Gasteiger partial charge in [0.25, 0.3) is 0 Å². The molecule has 4 nitrogen and oxygen atoms in total. The van der Waals surface area contributed by atoms with E-state index in [9.17, 15) is 27.5 Å². The van der Waals surface area contributed by atoms with Gasteiger partial charge in [-0.05, 0) is 24.2 Å². The summed E-state index contributed by atoms with van der Waals surface area (Å²) in [5.41, 5.74) is -1.23. The molecule has 2 aromatic carbocycles. The van der Waals surface area contributed by atoms with Gasteiger partial charge in [0.2, 0.25) is 5.91 Å². The van der Waals surface area contributed by atoms with Crippen molar-refractivity contribution in [2.45, 2.75) is 32.3 Å². The molecular weight excluding hydrogens is 448 g/mol. The third-order valence-corrected chi connectivity index (χ3v) is 7.69. The number of hydrogen-bond donors (Lipinski definition) is 1. The summed E-state index contributed by atoms with van der Waals surface area (Å²) in [6, 6.07) is 6.59. The number of amides is 1. The number of carbonyl (C=O) groups is 1. The summed E-state index contributed by atoms with van der Waals surface area (Å²) in [5.74, 6) is -5.02. The SMILES string of the molecule is CCN1C[C@@H](C(=O)N2C[C@@H](C)C(O)(c3ccc(F)cc3F)[C@@H](C)C2)[C@H](c2ccc(F)cc2F)C1. The fourth-order valence-corrected chi connectivity index (χ4v) is 5.77. The zero-order valence-corrected chi connectivity index (χ0v) is 19.6. The van der Waals surface area contributed by atoms with Crippen LogP contribution in [0.3, 0.4) is 0 Å². The molecule has 0 saturated carbocycles. The molecule has 2 aliphatic rings. The van der Waals surface area contributed by atoms with Crippen LogP contribution in [0.2, 0.25) is 0 Å². The largest absolute Gasteiger partial charge is 0.384 e. The number of piperidine rings is 1. The molecule has 0 bridgehead atoms. The predicted molar refractivity (Wildman–Crippen MR) is 120 cm³/mol. The van der Waals surface area contributed by atoms with E-state index in [2.05, 4.69) is 4.90 Å². The number of carbonyl (C=O) groups excluding carboxylic acids is 1. The lowest BCUT2D eigenvalue weighted by molar-refractivity contribution is -0.153. The van der Waals surface area contributed by atoms with Gasteiger partial charge < -0.3 is 14.9 Å². The summed E-state index contributed by atoms with van der Waals surface area (Å²) in [5, 5.41) is 11.5. The number of likely N-dealkylation sites (N-methyl/N-ethyl adjacent to an activating group) is 1. The minimum atomic E-state index is -1.57. The van der Waals surface area contributed by atoms with Gasteiger partial charge in [0, 0.05) is 61.6 Å². The second kappa shape index (κ2) is 9.30. The maximum absolute atomic E-state index is 14.6. The quantitative estimate of drug-likeness (QED) is 0.668. The van der Waals surface area contributed by atoms with Crippen molar-refractivity contribution in [1.29, 1.82) is 0 Å². The Morgan fingerprint density at radius 3 is 2.09 bits per heavy atom. The molecule has 2 heterocycles. The molecule has 4 rings (SSSR count). The van der Waals surface area contributed by atoms with Crippen LogP contribution in [0.1, 0.15) is 37.8 Å². The molecule has 2 aromatic rings. The fraction of sp³-hybridized carbons (Fsp3) is 0.500. The van der Waals surface area contributed by atoms with Gasteiger partial charge in [-0.1, -0.05) is 32.9 Å². The summed E-state index contributed by atoms with van der Waals surface area (Å²) >= 11 is 0. The highest BCUT2D eigenvalue weighted by molar-refractivity contribution is 5.81. The van der Waals surface area contributed by atoms with E-state index in [0.29, 0.717) is 25.2 Å². The van der Waals surface area contributed by atoms with Crippen LogP contribution in [0.25, 0.3) is 0 Å². The molecule has 8 heteroatoms. The Hall–Kier alpha value is -2.45. The van der Waals surface area contributed by atoms with Crippen LogP contribution < -0.4 is 0 Å². The Kier molecular flexibility index (Phi) is 6.75. The van der Waals surface area contributed by atoms with Crippen LogP contribution in [0.5, 0.6) is 0 Å². The average Bonchev–Trinajstić information content (AvgIpc) is 3.20. The summed E-state index contributed by atoms with van der Waals surface area (Å²) in [6.07, 6.45) is 0. The summed E-state index contributed by atoms with van der Waals surface area (Å²) in [7, 11) is 0. The molecule has 2 aliphatic heterocycles. The molecular formula is C26H30F4N2O2. The van der Waals surface area contributed by atoms with Crippen molar-refractivity contribution in [3.63, 3.8) is 0 Å². The van der Waals surface area contributed by atoms with Crippen LogP contribution in [-0.2, 0) is 10.4 Å². The van der Waals surface area contributed by atoms with Gasteiger partial charge >= 0.3 is 0 Å². The van der Waals surface area contributed by atoms with Crippen molar-refractivity contribution in [2.24, 2.45) is 17.8 Å². The number of rotatable bonds is 4. The van der Waals surface area contributed by atoms with Gasteiger partial charge in [0.05, 0.1) is 5.92 Å². The molecule has 184 valence electrons. The van der Waals surface area contributed by atoms with Crippen molar-refractivity contribution in [2.75, 3.05) is 32.7 Å². The van der Waals surface area contributed by atoms with Crippen molar-refractivity contribution < 1.29 is 27.5 Å². The van der Waals surface area contributed by atoms with Crippen LogP contribution in [-0.4, -0.2) is 53.5 Å². The monoisotopic (exact) mass is 478 g/mol. The van der Waals surface area contributed by atoms with Gasteiger partial charge in [-0.25, -0.2) is 17.6 Å². The summed E-state index contributed by atoms with van der Waals surface area (Å²) < 4.78 is 56.1. The Morgan fingerprint density at radius 1 is 0.941 bits per heavy atom. The molecule has 0 spiro atoms. The molecule has 1 amide bonds. The Bertz CT molecular complexity index is 1070. The van der Waals surface area contributed by atoms with Crippen molar-refractivity contribution >= 4 is 5.91 Å². The van der Waals surface area contributed by atoms with Gasteiger partial charge in [0.15, 0.2) is 0 Å². The molecule has 1 unspecified atom stereocenters. The molecule has 34 heavy (non-hydrogen) atoms. The Balaban J connectivity index is 1.59. The lowest BCUT2D eigenvalue weighted by atomic mass is 9.70. The molecule has 1 N–H and O–H groups in total. The van der Waals surface area contributed by atoms with E-state index < -0.39 is 52.5 Å². The van der Waals surface area contributed by atoms with E-state index in [1.807, 2.05) is 6.92 Å². The third kappa shape index (κ3) is 4.22. The molecule has 2 saturated heterocycles. The predicted octanol–water partition coefficient (Wildman–Crippen LogP) is 4.28. The van der Waals surface area contributed by atoms with E-state index in [0.717, 1.165) is 18.2 Å². The molecule has 0 aliphatic carbocycles. The Morgan fingerprint density at radius 2 is 1.53 bits per heavy atom. The highest BCUT2D eigenvalue weighted by Crippen LogP contribution is 2.44. The number of nitrogens with zero attached hydrogens (tertiary/aromatic N) is 2. The van der Waals surface area contributed by atoms with Gasteiger partial charge in [-0.15, -0.1) is 0 Å². The first-order chi connectivity index (χ1) is 16.1. The molecule has 2 fully saturated rings. The second-order valence-electron chi connectivity index (χ2n) is 9.73. The first-order valence-electron chi connectivity index (χ1n) is 11.7. The average molecular weight is 479 g/mol. The minimum absolute atomic E-state index is 0.0188. The Labute approximate surface area is 197 Å². The van der Waals surface area contributed by atoms with E-state index in [1.54, 1.807) is 18.7 Å². The fourth-order valence-electron chi connectivity index (χ4n) is 5.77. The van der Waals surface area contributed by atoms with Crippen LogP contribution in [0, 0.1) is 41.0 Å². The van der Waals surface area contributed by atoms with Gasteiger partial charge in [-0.3, -0.25) is 4.79 Å². The maximum Gasteiger partial charge on any atom is 0.227 e. The van der Waals surface area contributed by atoms with E-state index >= 15 is 0 Å². The normalized spacial score (nSPS) is 30.1. The van der Waals surface area contributed by atoms with Crippen molar-refractivity contribution in [3.05, 3.63) is 70.8 Å². The van der Waals surface area contributed by atoms with Gasteiger partial charge in [0.1, 0.15) is 28.9 Å². The number of benzene rings is 2. The van der Waals surface area contributed by atoms with Crippen LogP contribution in [0.4, 0.5) is 17.6 Å². The number of likely N-dealkylation sites (tertiary alicyclic amines) is 2. The molecule has 5 atom stereocenters. The van der Waals surface area contributed by atoms with Crippen molar-refractivity contribution in [3.8, 4) is 0 Å². The standard InChI is InChI=1S/C26H30F4N2O2/c1-4-31-13-20(19-7-5-17(27)9-23(19)29)21(14-31)25(33)32-11-15(2)26(34,16(3)12-32)22-8-6-18(28)10-24(22)30/h5-10,15-16,20-21,34H,4,11-14H2,1-3H3/t15-,16+,20-,21+,26?/m0/s1. The first-order valence-corrected chi connectivity index (χ1v) is 11.7. The van der Waals surface area contributed by atoms with Gasteiger partial charge in [-0.2, -0.15) is 0 Å². The van der Waals surface area contributed by atoms with E-state index in [1.165, 1.54) is 18.2 Å². The number of aliphatic hydroxyl groups is 1. The third-order valence-electron chi connectivity index (χ3n) is 7.69. The summed E-state index contributed by atoms with van der Waals surface area (Å²) in [4.78, 5) is 17.4. The zero-order chi connectivity index (χ0) is 24.8.